The van der Waals surface area contributed by atoms with Gasteiger partial charge < -0.3 is 4.74 Å². The third-order valence-electron chi connectivity index (χ3n) is 3.25. The van der Waals surface area contributed by atoms with Crippen LogP contribution in [0.15, 0.2) is 52.3 Å². The van der Waals surface area contributed by atoms with Crippen molar-refractivity contribution in [3.63, 3.8) is 0 Å². The summed E-state index contributed by atoms with van der Waals surface area (Å²) < 4.78 is 91.6. The van der Waals surface area contributed by atoms with Crippen LogP contribution in [0, 0.1) is 6.92 Å². The SMILES string of the molecule is Cc1ccc(S(C)(=O)=O)cc1NS(=O)(=O)c1ccccc1OC(F)(F)F. The van der Waals surface area contributed by atoms with E-state index < -0.39 is 36.9 Å². The van der Waals surface area contributed by atoms with Crippen LogP contribution in [-0.2, 0) is 19.9 Å². The summed E-state index contributed by atoms with van der Waals surface area (Å²) in [6.45, 7) is 1.52. The largest absolute Gasteiger partial charge is 0.573 e. The Kier molecular flexibility index (Phi) is 5.24. The molecule has 0 saturated heterocycles. The standard InChI is InChI=1S/C15H14F3NO5S2/c1-10-7-8-11(25(2,20)21)9-12(10)19-26(22,23)14-6-4-3-5-13(14)24-15(16,17)18/h3-9,19H,1-2H3. The maximum atomic E-state index is 12.5. The van der Waals surface area contributed by atoms with Crippen LogP contribution < -0.4 is 9.46 Å². The number of hydrogen-bond acceptors (Lipinski definition) is 5. The molecule has 0 saturated carbocycles. The average molecular weight is 409 g/mol. The third-order valence-corrected chi connectivity index (χ3v) is 5.76. The van der Waals surface area contributed by atoms with Crippen molar-refractivity contribution in [3.8, 4) is 5.75 Å². The number of anilines is 1. The Labute approximate surface area is 148 Å². The van der Waals surface area contributed by atoms with Crippen LogP contribution in [0.5, 0.6) is 5.75 Å². The van der Waals surface area contributed by atoms with Gasteiger partial charge in [0.25, 0.3) is 10.0 Å². The maximum absolute atomic E-state index is 12.5. The minimum atomic E-state index is -5.07. The molecule has 0 spiro atoms. The second-order valence-electron chi connectivity index (χ2n) is 5.35. The lowest BCUT2D eigenvalue weighted by Gasteiger charge is -2.15. The van der Waals surface area contributed by atoms with Crippen LogP contribution >= 0.6 is 0 Å². The number of hydrogen-bond donors (Lipinski definition) is 1. The van der Waals surface area contributed by atoms with Gasteiger partial charge in [-0.2, -0.15) is 0 Å². The van der Waals surface area contributed by atoms with Crippen molar-refractivity contribution in [1.82, 2.24) is 0 Å². The molecule has 0 unspecified atom stereocenters. The lowest BCUT2D eigenvalue weighted by atomic mass is 10.2. The second-order valence-corrected chi connectivity index (χ2v) is 9.02. The number of sulfone groups is 1. The molecule has 0 atom stereocenters. The van der Waals surface area contributed by atoms with Crippen molar-refractivity contribution in [2.75, 3.05) is 11.0 Å². The highest BCUT2D eigenvalue weighted by molar-refractivity contribution is 7.93. The summed E-state index contributed by atoms with van der Waals surface area (Å²) >= 11 is 0. The highest BCUT2D eigenvalue weighted by atomic mass is 32.2. The lowest BCUT2D eigenvalue weighted by molar-refractivity contribution is -0.275. The summed E-state index contributed by atoms with van der Waals surface area (Å²) in [4.78, 5) is -0.873. The molecule has 0 aliphatic heterocycles. The first-order valence-corrected chi connectivity index (χ1v) is 10.4. The Morgan fingerprint density at radius 1 is 1.00 bits per heavy atom. The molecule has 0 aliphatic carbocycles. The van der Waals surface area contributed by atoms with Crippen LogP contribution in [-0.4, -0.2) is 29.5 Å². The van der Waals surface area contributed by atoms with E-state index in [1.165, 1.54) is 31.2 Å². The molecule has 2 rings (SSSR count). The molecular formula is C15H14F3NO5S2. The summed E-state index contributed by atoms with van der Waals surface area (Å²) in [5.41, 5.74) is 0.310. The van der Waals surface area contributed by atoms with Gasteiger partial charge >= 0.3 is 6.36 Å². The fourth-order valence-electron chi connectivity index (χ4n) is 2.02. The van der Waals surface area contributed by atoms with Gasteiger partial charge in [-0.3, -0.25) is 4.72 Å². The molecule has 0 fully saturated rings. The summed E-state index contributed by atoms with van der Waals surface area (Å²) in [5, 5.41) is 0. The first-order valence-electron chi connectivity index (χ1n) is 6.98. The Morgan fingerprint density at radius 3 is 2.19 bits per heavy atom. The molecule has 0 heterocycles. The predicted molar refractivity (Wildman–Crippen MR) is 88.2 cm³/mol. The van der Waals surface area contributed by atoms with Gasteiger partial charge in [-0.15, -0.1) is 13.2 Å². The Balaban J connectivity index is 2.48. The Bertz CT molecular complexity index is 1030. The van der Waals surface area contributed by atoms with E-state index >= 15 is 0 Å². The zero-order valence-corrected chi connectivity index (χ0v) is 15.2. The normalized spacial score (nSPS) is 12.7. The van der Waals surface area contributed by atoms with Crippen molar-refractivity contribution in [3.05, 3.63) is 48.0 Å². The first-order chi connectivity index (χ1) is 11.8. The number of nitrogens with one attached hydrogen (secondary N) is 1. The van der Waals surface area contributed by atoms with E-state index in [-0.39, 0.29) is 10.6 Å². The van der Waals surface area contributed by atoms with Crippen molar-refractivity contribution < 1.29 is 34.7 Å². The van der Waals surface area contributed by atoms with Gasteiger partial charge in [-0.05, 0) is 36.8 Å². The van der Waals surface area contributed by atoms with Gasteiger partial charge in [0.05, 0.1) is 10.6 Å². The quantitative estimate of drug-likeness (QED) is 0.820. The molecule has 26 heavy (non-hydrogen) atoms. The van der Waals surface area contributed by atoms with Gasteiger partial charge in [0.15, 0.2) is 9.84 Å². The van der Waals surface area contributed by atoms with Crippen molar-refractivity contribution >= 4 is 25.5 Å². The summed E-state index contributed by atoms with van der Waals surface area (Å²) in [6.07, 6.45) is -4.12. The van der Waals surface area contributed by atoms with Gasteiger partial charge in [-0.1, -0.05) is 18.2 Å². The fourth-order valence-corrected chi connectivity index (χ4v) is 3.92. The number of para-hydroxylation sites is 1. The Morgan fingerprint density at radius 2 is 1.62 bits per heavy atom. The molecule has 11 heteroatoms. The number of sulfonamides is 1. The van der Waals surface area contributed by atoms with Gasteiger partial charge in [-0.25, -0.2) is 16.8 Å². The molecule has 6 nitrogen and oxygen atoms in total. The molecule has 0 radical (unpaired) electrons. The highest BCUT2D eigenvalue weighted by Gasteiger charge is 2.34. The molecule has 1 N–H and O–H groups in total. The molecule has 0 amide bonds. The molecule has 0 aromatic heterocycles. The van der Waals surface area contributed by atoms with Crippen LogP contribution in [0.4, 0.5) is 18.9 Å². The van der Waals surface area contributed by atoms with Crippen LogP contribution in [0.2, 0.25) is 0 Å². The number of ether oxygens (including phenoxy) is 1. The van der Waals surface area contributed by atoms with E-state index in [1.54, 1.807) is 0 Å². The third kappa shape index (κ3) is 4.88. The molecule has 0 aliphatic rings. The minimum absolute atomic E-state index is 0.0743. The number of benzene rings is 2. The zero-order valence-electron chi connectivity index (χ0n) is 13.5. The van der Waals surface area contributed by atoms with E-state index in [0.717, 1.165) is 24.5 Å². The predicted octanol–water partition coefficient (Wildman–Crippen LogP) is 3.10. The molecule has 0 bridgehead atoms. The van der Waals surface area contributed by atoms with Crippen LogP contribution in [0.3, 0.4) is 0 Å². The summed E-state index contributed by atoms with van der Waals surface area (Å²) in [5.74, 6) is -0.899. The Hall–Kier alpha value is -2.27. The molecule has 2 aromatic carbocycles. The fraction of sp³-hybridized carbons (Fsp3) is 0.200. The highest BCUT2D eigenvalue weighted by Crippen LogP contribution is 2.31. The lowest BCUT2D eigenvalue weighted by Crippen LogP contribution is -2.21. The summed E-state index contributed by atoms with van der Waals surface area (Å²) in [7, 11) is -8.07. The number of halogens is 3. The van der Waals surface area contributed by atoms with Crippen molar-refractivity contribution in [2.45, 2.75) is 23.1 Å². The van der Waals surface area contributed by atoms with Crippen molar-refractivity contribution in [2.24, 2.45) is 0 Å². The van der Waals surface area contributed by atoms with E-state index in [0.29, 0.717) is 5.56 Å². The number of aryl methyl sites for hydroxylation is 1. The van der Waals surface area contributed by atoms with E-state index in [4.69, 9.17) is 0 Å². The van der Waals surface area contributed by atoms with Crippen LogP contribution in [0.1, 0.15) is 5.56 Å². The number of rotatable bonds is 5. The first kappa shape index (κ1) is 20.0. The minimum Gasteiger partial charge on any atom is -0.404 e. The van der Waals surface area contributed by atoms with Crippen LogP contribution in [0.25, 0.3) is 0 Å². The number of alkyl halides is 3. The maximum Gasteiger partial charge on any atom is 0.573 e. The van der Waals surface area contributed by atoms with Crippen molar-refractivity contribution in [1.29, 1.82) is 0 Å². The molecule has 142 valence electrons. The van der Waals surface area contributed by atoms with Gasteiger partial charge in [0.1, 0.15) is 10.6 Å². The molecular weight excluding hydrogens is 395 g/mol. The topological polar surface area (TPSA) is 89.5 Å². The smallest absolute Gasteiger partial charge is 0.404 e. The van der Waals surface area contributed by atoms with E-state index in [9.17, 15) is 30.0 Å². The van der Waals surface area contributed by atoms with E-state index in [2.05, 4.69) is 9.46 Å². The van der Waals surface area contributed by atoms with Gasteiger partial charge in [0.2, 0.25) is 0 Å². The monoisotopic (exact) mass is 409 g/mol. The molecule has 2 aromatic rings. The zero-order chi connectivity index (χ0) is 19.8. The second kappa shape index (κ2) is 6.80. The summed E-state index contributed by atoms with van der Waals surface area (Å²) in [6, 6.07) is 8.00. The average Bonchev–Trinajstić information content (AvgIpc) is 2.47. The van der Waals surface area contributed by atoms with E-state index in [1.807, 2.05) is 0 Å². The van der Waals surface area contributed by atoms with Gasteiger partial charge in [0, 0.05) is 6.26 Å².